The second kappa shape index (κ2) is 7.76. The summed E-state index contributed by atoms with van der Waals surface area (Å²) in [5.41, 5.74) is 2.93. The van der Waals surface area contributed by atoms with Crippen molar-refractivity contribution in [3.8, 4) is 11.1 Å². The van der Waals surface area contributed by atoms with Gasteiger partial charge in [0, 0.05) is 33.5 Å². The number of benzene rings is 2. The first kappa shape index (κ1) is 21.5. The van der Waals surface area contributed by atoms with Gasteiger partial charge in [0.1, 0.15) is 0 Å². The molecule has 7 nitrogen and oxygen atoms in total. The molecular weight excluding hydrogens is 414 g/mol. The molecule has 164 valence electrons. The number of anilines is 2. The minimum absolute atomic E-state index is 0.0566. The summed E-state index contributed by atoms with van der Waals surface area (Å²) in [5, 5.41) is 0. The fraction of sp³-hybridized carbons (Fsp3) is 0.391. The Balaban J connectivity index is 1.82. The first-order valence-corrected chi connectivity index (χ1v) is 11.8. The molecule has 1 heterocycles. The number of sulfonamides is 1. The zero-order valence-corrected chi connectivity index (χ0v) is 19.0. The molecule has 31 heavy (non-hydrogen) atoms. The summed E-state index contributed by atoms with van der Waals surface area (Å²) < 4.78 is 26.3. The number of fused-ring (bicyclic) bond motifs is 1. The Kier molecular flexibility index (Phi) is 5.39. The van der Waals surface area contributed by atoms with E-state index in [0.29, 0.717) is 17.9 Å². The number of carbonyl (C=O) groups is 2. The van der Waals surface area contributed by atoms with Crippen molar-refractivity contribution in [1.82, 2.24) is 4.31 Å². The predicted molar refractivity (Wildman–Crippen MR) is 120 cm³/mol. The molecule has 0 radical (unpaired) electrons. The summed E-state index contributed by atoms with van der Waals surface area (Å²) in [7, 11) is -0.564. The van der Waals surface area contributed by atoms with Gasteiger partial charge in [0.15, 0.2) is 0 Å². The van der Waals surface area contributed by atoms with Crippen LogP contribution in [0.1, 0.15) is 26.7 Å². The first-order chi connectivity index (χ1) is 14.6. The van der Waals surface area contributed by atoms with E-state index in [1.165, 1.54) is 25.3 Å². The van der Waals surface area contributed by atoms with Crippen molar-refractivity contribution in [3.05, 3.63) is 42.5 Å². The molecule has 0 N–H and O–H groups in total. The Labute approximate surface area is 183 Å². The van der Waals surface area contributed by atoms with Gasteiger partial charge in [-0.25, -0.2) is 12.7 Å². The zero-order chi connectivity index (χ0) is 22.5. The third kappa shape index (κ3) is 3.85. The van der Waals surface area contributed by atoms with E-state index in [2.05, 4.69) is 0 Å². The molecule has 4 rings (SSSR count). The van der Waals surface area contributed by atoms with E-state index in [9.17, 15) is 18.0 Å². The normalized spacial score (nSPS) is 18.8. The SMILES string of the molecule is CC(=O)N1c2ccc(-c3cccc(S(=O)(=O)N(C)C)c3)cc2N(C(=O)C2CC2)CC1C. The molecule has 0 bridgehead atoms. The lowest BCUT2D eigenvalue weighted by atomic mass is 10.00. The van der Waals surface area contributed by atoms with Crippen LogP contribution in [0.25, 0.3) is 11.1 Å². The summed E-state index contributed by atoms with van der Waals surface area (Å²) in [6.07, 6.45) is 1.80. The molecule has 2 aliphatic rings. The number of rotatable bonds is 4. The van der Waals surface area contributed by atoms with Gasteiger partial charge in [0.05, 0.1) is 22.3 Å². The van der Waals surface area contributed by atoms with Crippen LogP contribution in [0.15, 0.2) is 47.4 Å². The van der Waals surface area contributed by atoms with Crippen LogP contribution in [0.4, 0.5) is 11.4 Å². The maximum atomic E-state index is 13.0. The van der Waals surface area contributed by atoms with E-state index < -0.39 is 10.0 Å². The molecule has 1 aliphatic heterocycles. The van der Waals surface area contributed by atoms with Crippen molar-refractivity contribution in [3.63, 3.8) is 0 Å². The van der Waals surface area contributed by atoms with Crippen LogP contribution < -0.4 is 9.80 Å². The first-order valence-electron chi connectivity index (χ1n) is 10.4. The molecule has 0 saturated heterocycles. The summed E-state index contributed by atoms with van der Waals surface area (Å²) in [6, 6.07) is 12.2. The van der Waals surface area contributed by atoms with E-state index in [4.69, 9.17) is 0 Å². The summed E-state index contributed by atoms with van der Waals surface area (Å²) in [5.74, 6) is 0.0811. The topological polar surface area (TPSA) is 78.0 Å². The fourth-order valence-electron chi connectivity index (χ4n) is 4.09. The summed E-state index contributed by atoms with van der Waals surface area (Å²) in [6.45, 7) is 3.92. The Morgan fingerprint density at radius 3 is 2.29 bits per heavy atom. The number of carbonyl (C=O) groups excluding carboxylic acids is 2. The van der Waals surface area contributed by atoms with Gasteiger partial charge in [-0.3, -0.25) is 9.59 Å². The highest BCUT2D eigenvalue weighted by Gasteiger charge is 2.39. The number of hydrogen-bond acceptors (Lipinski definition) is 4. The summed E-state index contributed by atoms with van der Waals surface area (Å²) in [4.78, 5) is 29.0. The van der Waals surface area contributed by atoms with Crippen LogP contribution in [0.3, 0.4) is 0 Å². The van der Waals surface area contributed by atoms with Gasteiger partial charge in [-0.2, -0.15) is 0 Å². The second-order valence-electron chi connectivity index (χ2n) is 8.48. The monoisotopic (exact) mass is 441 g/mol. The van der Waals surface area contributed by atoms with Crippen molar-refractivity contribution in [2.75, 3.05) is 30.4 Å². The van der Waals surface area contributed by atoms with Crippen molar-refractivity contribution in [2.45, 2.75) is 37.6 Å². The maximum Gasteiger partial charge on any atom is 0.242 e. The largest absolute Gasteiger partial charge is 0.308 e. The minimum atomic E-state index is -3.56. The highest BCUT2D eigenvalue weighted by atomic mass is 32.2. The molecule has 0 spiro atoms. The van der Waals surface area contributed by atoms with Gasteiger partial charge in [0.25, 0.3) is 0 Å². The Bertz CT molecular complexity index is 1160. The molecule has 0 aromatic heterocycles. The van der Waals surface area contributed by atoms with Crippen molar-refractivity contribution >= 4 is 33.2 Å². The molecule has 1 saturated carbocycles. The number of nitrogens with zero attached hydrogens (tertiary/aromatic N) is 3. The molecule has 2 aromatic carbocycles. The molecule has 1 aliphatic carbocycles. The van der Waals surface area contributed by atoms with E-state index in [0.717, 1.165) is 24.0 Å². The van der Waals surface area contributed by atoms with Gasteiger partial charge in [0.2, 0.25) is 21.8 Å². The van der Waals surface area contributed by atoms with Crippen LogP contribution in [0.5, 0.6) is 0 Å². The standard InChI is InChI=1S/C23H27N3O4S/c1-15-14-25(23(28)17-8-9-17)22-13-19(10-11-21(22)26(15)16(2)27)18-6-5-7-20(12-18)31(29,30)24(3)4/h5-7,10-13,15,17H,8-9,14H2,1-4H3. The quantitative estimate of drug-likeness (QED) is 0.730. The van der Waals surface area contributed by atoms with Gasteiger partial charge in [-0.1, -0.05) is 18.2 Å². The predicted octanol–water partition coefficient (Wildman–Crippen LogP) is 3.10. The molecular formula is C23H27N3O4S. The molecule has 2 amide bonds. The average molecular weight is 442 g/mol. The van der Waals surface area contributed by atoms with Crippen LogP contribution in [-0.2, 0) is 19.6 Å². The molecule has 2 aromatic rings. The smallest absolute Gasteiger partial charge is 0.242 e. The fourth-order valence-corrected chi connectivity index (χ4v) is 5.04. The highest BCUT2D eigenvalue weighted by molar-refractivity contribution is 7.89. The van der Waals surface area contributed by atoms with Crippen molar-refractivity contribution in [2.24, 2.45) is 5.92 Å². The lowest BCUT2D eigenvalue weighted by Crippen LogP contribution is -2.51. The van der Waals surface area contributed by atoms with Crippen LogP contribution in [-0.4, -0.2) is 51.2 Å². The van der Waals surface area contributed by atoms with Crippen LogP contribution in [0.2, 0.25) is 0 Å². The lowest BCUT2D eigenvalue weighted by molar-refractivity contribution is -0.120. The second-order valence-corrected chi connectivity index (χ2v) is 10.6. The Hall–Kier alpha value is -2.71. The average Bonchev–Trinajstić information content (AvgIpc) is 3.57. The van der Waals surface area contributed by atoms with Crippen LogP contribution in [0, 0.1) is 5.92 Å². The maximum absolute atomic E-state index is 13.0. The Morgan fingerprint density at radius 2 is 1.68 bits per heavy atom. The van der Waals surface area contributed by atoms with Gasteiger partial charge in [-0.05, 0) is 55.2 Å². The minimum Gasteiger partial charge on any atom is -0.308 e. The molecule has 1 unspecified atom stereocenters. The van der Waals surface area contributed by atoms with Gasteiger partial charge < -0.3 is 9.80 Å². The molecule has 8 heteroatoms. The third-order valence-electron chi connectivity index (χ3n) is 5.89. The summed E-state index contributed by atoms with van der Waals surface area (Å²) >= 11 is 0. The van der Waals surface area contributed by atoms with Gasteiger partial charge in [-0.15, -0.1) is 0 Å². The van der Waals surface area contributed by atoms with Gasteiger partial charge >= 0.3 is 0 Å². The van der Waals surface area contributed by atoms with E-state index in [1.54, 1.807) is 28.0 Å². The van der Waals surface area contributed by atoms with E-state index >= 15 is 0 Å². The lowest BCUT2D eigenvalue weighted by Gasteiger charge is -2.41. The van der Waals surface area contributed by atoms with Crippen molar-refractivity contribution in [1.29, 1.82) is 0 Å². The van der Waals surface area contributed by atoms with Crippen LogP contribution >= 0.6 is 0 Å². The highest BCUT2D eigenvalue weighted by Crippen LogP contribution is 2.42. The Morgan fingerprint density at radius 1 is 1.00 bits per heavy atom. The zero-order valence-electron chi connectivity index (χ0n) is 18.2. The number of hydrogen-bond donors (Lipinski definition) is 0. The number of amides is 2. The third-order valence-corrected chi connectivity index (χ3v) is 7.70. The van der Waals surface area contributed by atoms with Crippen molar-refractivity contribution < 1.29 is 18.0 Å². The molecule has 1 fully saturated rings. The van der Waals surface area contributed by atoms with E-state index in [1.807, 2.05) is 31.2 Å². The molecule has 1 atom stereocenters. The van der Waals surface area contributed by atoms with E-state index in [-0.39, 0.29) is 28.7 Å².